The lowest BCUT2D eigenvalue weighted by Gasteiger charge is -2.13. The molecule has 18 heavy (non-hydrogen) atoms. The van der Waals surface area contributed by atoms with Crippen LogP contribution in [-0.4, -0.2) is 5.78 Å². The number of benzene rings is 1. The molecule has 0 spiro atoms. The molecule has 0 saturated heterocycles. The molecule has 0 N–H and O–H groups in total. The smallest absolute Gasteiger partial charge is 0.155 e. The SMILES string of the molecule is O=C1C=CC=CC(Cc2ccccc2)CCCC1. The van der Waals surface area contributed by atoms with Crippen LogP contribution in [0.2, 0.25) is 0 Å². The second-order valence-corrected chi connectivity index (χ2v) is 4.91. The summed E-state index contributed by atoms with van der Waals surface area (Å²) in [4.78, 5) is 11.4. The Bertz CT molecular complexity index is 428. The molecule has 0 amide bonds. The van der Waals surface area contributed by atoms with E-state index in [0.717, 1.165) is 19.3 Å². The normalized spacial score (nSPS) is 20.9. The third-order valence-corrected chi connectivity index (χ3v) is 3.37. The summed E-state index contributed by atoms with van der Waals surface area (Å²) in [5, 5.41) is 0. The molecule has 0 aromatic heterocycles. The first-order chi connectivity index (χ1) is 8.84. The Morgan fingerprint density at radius 2 is 1.89 bits per heavy atom. The highest BCUT2D eigenvalue weighted by Gasteiger charge is 2.07. The van der Waals surface area contributed by atoms with Gasteiger partial charge >= 0.3 is 0 Å². The van der Waals surface area contributed by atoms with Crippen LogP contribution in [0.5, 0.6) is 0 Å². The minimum Gasteiger partial charge on any atom is -0.295 e. The maximum Gasteiger partial charge on any atom is 0.155 e. The molecule has 0 radical (unpaired) electrons. The van der Waals surface area contributed by atoms with Crippen molar-refractivity contribution >= 4 is 5.78 Å². The van der Waals surface area contributed by atoms with Crippen LogP contribution in [0.4, 0.5) is 0 Å². The van der Waals surface area contributed by atoms with Crippen LogP contribution in [-0.2, 0) is 11.2 Å². The molecule has 0 heterocycles. The summed E-state index contributed by atoms with van der Waals surface area (Å²) in [6.45, 7) is 0. The fourth-order valence-electron chi connectivity index (χ4n) is 2.36. The van der Waals surface area contributed by atoms with Gasteiger partial charge in [-0.15, -0.1) is 0 Å². The molecule has 1 atom stereocenters. The molecule has 1 unspecified atom stereocenters. The fraction of sp³-hybridized carbons (Fsp3) is 0.353. The van der Waals surface area contributed by atoms with Crippen LogP contribution < -0.4 is 0 Å². The minimum atomic E-state index is 0.251. The average Bonchev–Trinajstić information content (AvgIpc) is 2.40. The van der Waals surface area contributed by atoms with Gasteiger partial charge in [0.25, 0.3) is 0 Å². The van der Waals surface area contributed by atoms with E-state index in [1.54, 1.807) is 6.08 Å². The largest absolute Gasteiger partial charge is 0.295 e. The number of hydrogen-bond donors (Lipinski definition) is 0. The van der Waals surface area contributed by atoms with E-state index in [-0.39, 0.29) is 5.78 Å². The van der Waals surface area contributed by atoms with E-state index in [9.17, 15) is 4.79 Å². The third-order valence-electron chi connectivity index (χ3n) is 3.37. The average molecular weight is 240 g/mol. The molecule has 0 aliphatic heterocycles. The summed E-state index contributed by atoms with van der Waals surface area (Å²) in [5.74, 6) is 0.839. The van der Waals surface area contributed by atoms with Gasteiger partial charge in [-0.3, -0.25) is 4.79 Å². The zero-order valence-electron chi connectivity index (χ0n) is 10.7. The minimum absolute atomic E-state index is 0.251. The summed E-state index contributed by atoms with van der Waals surface area (Å²) in [5.41, 5.74) is 1.39. The standard InChI is InChI=1S/C17H20O/c18-17-12-6-4-10-16(11-5-7-13-17)14-15-8-2-1-3-9-15/h1-4,6,8-10,12,16H,5,7,11,13-14H2. The van der Waals surface area contributed by atoms with E-state index >= 15 is 0 Å². The lowest BCUT2D eigenvalue weighted by molar-refractivity contribution is -0.114. The molecule has 0 bridgehead atoms. The van der Waals surface area contributed by atoms with Crippen LogP contribution in [0.1, 0.15) is 31.2 Å². The summed E-state index contributed by atoms with van der Waals surface area (Å²) < 4.78 is 0. The molecule has 2 rings (SSSR count). The van der Waals surface area contributed by atoms with E-state index in [1.807, 2.05) is 12.2 Å². The Balaban J connectivity index is 2.00. The summed E-state index contributed by atoms with van der Waals surface area (Å²) in [6.07, 6.45) is 13.0. The number of carbonyl (C=O) groups excluding carboxylic acids is 1. The molecule has 94 valence electrons. The molecule has 1 aromatic carbocycles. The number of ketones is 1. The van der Waals surface area contributed by atoms with E-state index in [2.05, 4.69) is 36.4 Å². The first-order valence-corrected chi connectivity index (χ1v) is 6.76. The second kappa shape index (κ2) is 6.95. The van der Waals surface area contributed by atoms with Crippen molar-refractivity contribution in [1.29, 1.82) is 0 Å². The molecule has 1 heteroatoms. The first kappa shape index (κ1) is 12.8. The Hall–Kier alpha value is -1.63. The highest BCUT2D eigenvalue weighted by molar-refractivity contribution is 5.89. The number of hydrogen-bond acceptors (Lipinski definition) is 1. The highest BCUT2D eigenvalue weighted by Crippen LogP contribution is 2.18. The van der Waals surface area contributed by atoms with Gasteiger partial charge in [0.05, 0.1) is 0 Å². The van der Waals surface area contributed by atoms with Gasteiger partial charge in [-0.05, 0) is 36.8 Å². The van der Waals surface area contributed by atoms with Gasteiger partial charge in [0.1, 0.15) is 0 Å². The van der Waals surface area contributed by atoms with E-state index in [0.29, 0.717) is 12.3 Å². The van der Waals surface area contributed by atoms with Crippen LogP contribution in [0.3, 0.4) is 0 Å². The maximum absolute atomic E-state index is 11.4. The molecular formula is C17H20O. The van der Waals surface area contributed by atoms with Crippen molar-refractivity contribution < 1.29 is 4.79 Å². The van der Waals surface area contributed by atoms with Crippen molar-refractivity contribution in [2.45, 2.75) is 32.1 Å². The summed E-state index contributed by atoms with van der Waals surface area (Å²) in [7, 11) is 0. The monoisotopic (exact) mass is 240 g/mol. The highest BCUT2D eigenvalue weighted by atomic mass is 16.1. The fourth-order valence-corrected chi connectivity index (χ4v) is 2.36. The summed E-state index contributed by atoms with van der Waals surface area (Å²) >= 11 is 0. The van der Waals surface area contributed by atoms with E-state index < -0.39 is 0 Å². The lowest BCUT2D eigenvalue weighted by Crippen LogP contribution is -2.03. The van der Waals surface area contributed by atoms with Gasteiger partial charge < -0.3 is 0 Å². The lowest BCUT2D eigenvalue weighted by atomic mass is 9.92. The van der Waals surface area contributed by atoms with Gasteiger partial charge in [0, 0.05) is 6.42 Å². The van der Waals surface area contributed by atoms with Crippen LogP contribution in [0.15, 0.2) is 54.6 Å². The van der Waals surface area contributed by atoms with E-state index in [1.165, 1.54) is 12.0 Å². The van der Waals surface area contributed by atoms with Crippen LogP contribution >= 0.6 is 0 Å². The molecule has 1 aliphatic carbocycles. The Labute approximate surface area is 109 Å². The summed E-state index contributed by atoms with van der Waals surface area (Å²) in [6, 6.07) is 10.6. The predicted molar refractivity (Wildman–Crippen MR) is 75.4 cm³/mol. The first-order valence-electron chi connectivity index (χ1n) is 6.76. The topological polar surface area (TPSA) is 17.1 Å². The zero-order chi connectivity index (χ0) is 12.6. The number of allylic oxidation sites excluding steroid dienone is 4. The van der Waals surface area contributed by atoms with Gasteiger partial charge in [-0.25, -0.2) is 0 Å². The molecule has 1 nitrogen and oxygen atoms in total. The molecule has 0 saturated carbocycles. The zero-order valence-corrected chi connectivity index (χ0v) is 10.7. The third kappa shape index (κ3) is 4.33. The van der Waals surface area contributed by atoms with Gasteiger partial charge in [-0.2, -0.15) is 0 Å². The number of carbonyl (C=O) groups is 1. The van der Waals surface area contributed by atoms with Crippen LogP contribution in [0.25, 0.3) is 0 Å². The molecule has 0 fully saturated rings. The van der Waals surface area contributed by atoms with Crippen molar-refractivity contribution in [2.75, 3.05) is 0 Å². The molecule has 1 aliphatic rings. The quantitative estimate of drug-likeness (QED) is 0.760. The van der Waals surface area contributed by atoms with E-state index in [4.69, 9.17) is 0 Å². The van der Waals surface area contributed by atoms with Crippen molar-refractivity contribution in [1.82, 2.24) is 0 Å². The van der Waals surface area contributed by atoms with Gasteiger partial charge in [-0.1, -0.05) is 55.0 Å². The van der Waals surface area contributed by atoms with Gasteiger partial charge in [0.15, 0.2) is 5.78 Å². The van der Waals surface area contributed by atoms with Crippen molar-refractivity contribution in [3.63, 3.8) is 0 Å². The van der Waals surface area contributed by atoms with Crippen LogP contribution in [0, 0.1) is 5.92 Å². The Kier molecular flexibility index (Phi) is 4.95. The second-order valence-electron chi connectivity index (χ2n) is 4.91. The molecule has 1 aromatic rings. The number of rotatable bonds is 2. The molecular weight excluding hydrogens is 220 g/mol. The maximum atomic E-state index is 11.4. The van der Waals surface area contributed by atoms with Crippen molar-refractivity contribution in [2.24, 2.45) is 5.92 Å². The Morgan fingerprint density at radius 1 is 1.06 bits per heavy atom. The van der Waals surface area contributed by atoms with Crippen molar-refractivity contribution in [3.8, 4) is 0 Å². The predicted octanol–water partition coefficient (Wildman–Crippen LogP) is 4.10. The Morgan fingerprint density at radius 3 is 2.72 bits per heavy atom. The van der Waals surface area contributed by atoms with Gasteiger partial charge in [0.2, 0.25) is 0 Å². The van der Waals surface area contributed by atoms with Crippen molar-refractivity contribution in [3.05, 3.63) is 60.2 Å².